The van der Waals surface area contributed by atoms with Crippen molar-refractivity contribution in [1.82, 2.24) is 4.98 Å². The zero-order valence-electron chi connectivity index (χ0n) is 18.2. The quantitative estimate of drug-likeness (QED) is 0.349. The number of fused-ring (bicyclic) bond motifs is 1. The smallest absolute Gasteiger partial charge is 0.248 e. The van der Waals surface area contributed by atoms with Gasteiger partial charge in [-0.15, -0.1) is 23.5 Å². The first-order valence-electron chi connectivity index (χ1n) is 10.2. The van der Waals surface area contributed by atoms with Crippen molar-refractivity contribution in [3.8, 4) is 5.75 Å². The number of amides is 1. The molecule has 6 heteroatoms. The summed E-state index contributed by atoms with van der Waals surface area (Å²) in [6.07, 6.45) is 7.39. The number of benzene rings is 2. The van der Waals surface area contributed by atoms with Crippen LogP contribution >= 0.6 is 23.5 Å². The second kappa shape index (κ2) is 10.1. The van der Waals surface area contributed by atoms with E-state index in [0.29, 0.717) is 6.61 Å². The zero-order valence-corrected chi connectivity index (χ0v) is 19.8. The molecular formula is C26H24N2O2S2. The van der Waals surface area contributed by atoms with E-state index in [0.717, 1.165) is 49.3 Å². The number of ether oxygens (including phenoxy) is 1. The summed E-state index contributed by atoms with van der Waals surface area (Å²) in [5.41, 5.74) is 5.86. The molecule has 2 heterocycles. The van der Waals surface area contributed by atoms with Gasteiger partial charge in [-0.3, -0.25) is 4.79 Å². The molecule has 0 atom stereocenters. The fourth-order valence-electron chi connectivity index (χ4n) is 3.66. The van der Waals surface area contributed by atoms with Crippen LogP contribution in [0.4, 0.5) is 5.69 Å². The average molecular weight is 461 g/mol. The molecule has 4 rings (SSSR count). The van der Waals surface area contributed by atoms with E-state index in [1.54, 1.807) is 17.8 Å². The molecule has 0 aliphatic carbocycles. The van der Waals surface area contributed by atoms with Crippen LogP contribution in [0.3, 0.4) is 0 Å². The molecule has 0 bridgehead atoms. The molecule has 0 saturated heterocycles. The van der Waals surface area contributed by atoms with Crippen molar-refractivity contribution in [2.45, 2.75) is 16.8 Å². The Balaban J connectivity index is 1.68. The van der Waals surface area contributed by atoms with Gasteiger partial charge >= 0.3 is 0 Å². The Morgan fingerprint density at radius 2 is 1.81 bits per heavy atom. The molecule has 0 saturated carbocycles. The minimum atomic E-state index is -0.194. The molecule has 4 nitrogen and oxygen atoms in total. The largest absolute Gasteiger partial charge is 0.488 e. The van der Waals surface area contributed by atoms with Gasteiger partial charge < -0.3 is 10.1 Å². The van der Waals surface area contributed by atoms with Gasteiger partial charge in [0.2, 0.25) is 5.91 Å². The molecular weight excluding hydrogens is 436 g/mol. The lowest BCUT2D eigenvalue weighted by atomic mass is 9.91. The fraction of sp³-hybridized carbons (Fsp3) is 0.154. The normalized spacial score (nSPS) is 13.1. The second-order valence-electron chi connectivity index (χ2n) is 7.22. The molecule has 0 spiro atoms. The summed E-state index contributed by atoms with van der Waals surface area (Å²) in [5.74, 6) is 0.660. The second-order valence-corrected chi connectivity index (χ2v) is 8.87. The van der Waals surface area contributed by atoms with E-state index in [4.69, 9.17) is 4.74 Å². The Hall–Kier alpha value is -2.96. The number of carbonyl (C=O) groups excluding carboxylic acids is 1. The van der Waals surface area contributed by atoms with Gasteiger partial charge in [-0.1, -0.05) is 48.5 Å². The number of anilines is 1. The topological polar surface area (TPSA) is 51.2 Å². The predicted octanol–water partition coefficient (Wildman–Crippen LogP) is 6.22. The Morgan fingerprint density at radius 3 is 2.56 bits per heavy atom. The highest BCUT2D eigenvalue weighted by Gasteiger charge is 2.20. The molecule has 1 amide bonds. The molecule has 32 heavy (non-hydrogen) atoms. The lowest BCUT2D eigenvalue weighted by molar-refractivity contribution is -0.111. The van der Waals surface area contributed by atoms with E-state index in [-0.39, 0.29) is 5.91 Å². The van der Waals surface area contributed by atoms with Crippen LogP contribution in [0.1, 0.15) is 16.8 Å². The summed E-state index contributed by atoms with van der Waals surface area (Å²) in [6.45, 7) is 2.37. The van der Waals surface area contributed by atoms with Gasteiger partial charge in [0.1, 0.15) is 17.4 Å². The molecule has 162 valence electrons. The minimum Gasteiger partial charge on any atom is -0.488 e. The summed E-state index contributed by atoms with van der Waals surface area (Å²) in [7, 11) is 0. The van der Waals surface area contributed by atoms with Crippen molar-refractivity contribution in [2.75, 3.05) is 24.4 Å². The van der Waals surface area contributed by atoms with Crippen molar-refractivity contribution in [1.29, 1.82) is 0 Å². The van der Waals surface area contributed by atoms with E-state index < -0.39 is 0 Å². The first-order valence-corrected chi connectivity index (χ1v) is 12.6. The molecule has 1 aliphatic rings. The Morgan fingerprint density at radius 1 is 1.06 bits per heavy atom. The number of hydrogen-bond donors (Lipinski definition) is 1. The van der Waals surface area contributed by atoms with Crippen LogP contribution in [0, 0.1) is 6.92 Å². The number of aryl methyl sites for hydroxylation is 1. The van der Waals surface area contributed by atoms with Gasteiger partial charge in [-0.05, 0) is 54.4 Å². The first-order chi connectivity index (χ1) is 15.6. The van der Waals surface area contributed by atoms with E-state index in [2.05, 4.69) is 28.5 Å². The number of nitrogens with zero attached hydrogens (tertiary/aromatic N) is 1. The van der Waals surface area contributed by atoms with Gasteiger partial charge in [-0.25, -0.2) is 4.98 Å². The maximum atomic E-state index is 12.9. The number of carbonyl (C=O) groups is 1. The monoisotopic (exact) mass is 460 g/mol. The standard InChI is InChI=1S/C26H24N2O2S2/c1-17-15-22(31-2)25(26(27-17)32-3)28-23(29)14-13-19-16-30-21-12-8-7-11-20(21)24(19)18-9-5-4-6-10-18/h4-15H,16H2,1-3H3,(H,28,29). The number of aromatic nitrogens is 1. The van der Waals surface area contributed by atoms with Crippen LogP contribution in [-0.2, 0) is 4.79 Å². The number of pyridine rings is 1. The number of rotatable bonds is 6. The lowest BCUT2D eigenvalue weighted by Crippen LogP contribution is -2.13. The molecule has 1 aliphatic heterocycles. The van der Waals surface area contributed by atoms with Crippen molar-refractivity contribution in [3.63, 3.8) is 0 Å². The van der Waals surface area contributed by atoms with Crippen molar-refractivity contribution >= 4 is 40.7 Å². The summed E-state index contributed by atoms with van der Waals surface area (Å²) < 4.78 is 5.97. The third-order valence-electron chi connectivity index (χ3n) is 5.10. The maximum Gasteiger partial charge on any atom is 0.248 e. The van der Waals surface area contributed by atoms with Crippen LogP contribution in [0.25, 0.3) is 5.57 Å². The highest BCUT2D eigenvalue weighted by atomic mass is 32.2. The van der Waals surface area contributed by atoms with E-state index in [9.17, 15) is 4.79 Å². The van der Waals surface area contributed by atoms with Crippen molar-refractivity contribution < 1.29 is 9.53 Å². The minimum absolute atomic E-state index is 0.194. The Kier molecular flexibility index (Phi) is 7.02. The number of nitrogens with one attached hydrogen (secondary N) is 1. The Labute approximate surface area is 197 Å². The summed E-state index contributed by atoms with van der Waals surface area (Å²) in [4.78, 5) is 18.4. The van der Waals surface area contributed by atoms with E-state index in [1.807, 2.05) is 68.0 Å². The molecule has 0 radical (unpaired) electrons. The van der Waals surface area contributed by atoms with Crippen LogP contribution in [0.5, 0.6) is 5.75 Å². The first kappa shape index (κ1) is 22.2. The van der Waals surface area contributed by atoms with Crippen LogP contribution < -0.4 is 10.1 Å². The van der Waals surface area contributed by atoms with Crippen molar-refractivity contribution in [3.05, 3.63) is 95.2 Å². The summed E-state index contributed by atoms with van der Waals surface area (Å²) in [5, 5.41) is 3.84. The van der Waals surface area contributed by atoms with Crippen LogP contribution in [0.2, 0.25) is 0 Å². The average Bonchev–Trinajstić information content (AvgIpc) is 2.83. The van der Waals surface area contributed by atoms with Crippen LogP contribution in [-0.4, -0.2) is 30.0 Å². The number of thioether (sulfide) groups is 2. The highest BCUT2D eigenvalue weighted by molar-refractivity contribution is 7.99. The Bertz CT molecular complexity index is 1180. The van der Waals surface area contributed by atoms with E-state index in [1.165, 1.54) is 11.8 Å². The zero-order chi connectivity index (χ0) is 22.5. The number of para-hydroxylation sites is 1. The van der Waals surface area contributed by atoms with Gasteiger partial charge in [0.05, 0.1) is 5.69 Å². The lowest BCUT2D eigenvalue weighted by Gasteiger charge is -2.23. The third kappa shape index (κ3) is 4.76. The molecule has 3 aromatic rings. The summed E-state index contributed by atoms with van der Waals surface area (Å²) >= 11 is 3.12. The maximum absolute atomic E-state index is 12.9. The van der Waals surface area contributed by atoms with E-state index >= 15 is 0 Å². The SMILES string of the molecule is CSc1cc(C)nc(SC)c1NC(=O)C=CC1=C(c2ccccc2)c2ccccc2OC1. The fourth-order valence-corrected chi connectivity index (χ4v) is 4.96. The third-order valence-corrected chi connectivity index (χ3v) is 6.54. The number of hydrogen-bond acceptors (Lipinski definition) is 5. The predicted molar refractivity (Wildman–Crippen MR) is 135 cm³/mol. The molecule has 1 N–H and O–H groups in total. The van der Waals surface area contributed by atoms with Gasteiger partial charge in [-0.2, -0.15) is 0 Å². The highest BCUT2D eigenvalue weighted by Crippen LogP contribution is 2.38. The van der Waals surface area contributed by atoms with Gasteiger partial charge in [0, 0.05) is 22.2 Å². The summed E-state index contributed by atoms with van der Waals surface area (Å²) in [6, 6.07) is 20.2. The molecule has 2 aromatic carbocycles. The van der Waals surface area contributed by atoms with Gasteiger partial charge in [0.25, 0.3) is 0 Å². The molecule has 0 unspecified atom stereocenters. The molecule has 1 aromatic heterocycles. The van der Waals surface area contributed by atoms with Gasteiger partial charge in [0.15, 0.2) is 0 Å². The van der Waals surface area contributed by atoms with Crippen LogP contribution in [0.15, 0.2) is 88.3 Å². The van der Waals surface area contributed by atoms with Crippen molar-refractivity contribution in [2.24, 2.45) is 0 Å². The molecule has 0 fully saturated rings.